The number of hydrogen-bond acceptors (Lipinski definition) is 3. The van der Waals surface area contributed by atoms with Gasteiger partial charge in [-0.2, -0.15) is 0 Å². The number of ether oxygens (including phenoxy) is 1. The van der Waals surface area contributed by atoms with Crippen LogP contribution < -0.4 is 0 Å². The highest BCUT2D eigenvalue weighted by atomic mass is 16.5. The minimum atomic E-state index is -0.346. The van der Waals surface area contributed by atoms with Gasteiger partial charge in [0.15, 0.2) is 0 Å². The molecule has 0 bridgehead atoms. The Kier molecular flexibility index (Phi) is 7.87. The van der Waals surface area contributed by atoms with E-state index in [-0.39, 0.29) is 6.10 Å². The van der Waals surface area contributed by atoms with Crippen molar-refractivity contribution in [1.82, 2.24) is 4.90 Å². The molecule has 3 atom stereocenters. The first kappa shape index (κ1) is 15.9. The van der Waals surface area contributed by atoms with E-state index in [1.807, 2.05) is 0 Å². The topological polar surface area (TPSA) is 32.7 Å². The Bertz CT molecular complexity index is 211. The quantitative estimate of drug-likeness (QED) is 0.679. The molecule has 0 radical (unpaired) electrons. The molecule has 0 saturated heterocycles. The summed E-state index contributed by atoms with van der Waals surface area (Å²) in [6, 6.07) is 0.643. The highest BCUT2D eigenvalue weighted by Crippen LogP contribution is 2.27. The van der Waals surface area contributed by atoms with E-state index in [0.717, 1.165) is 31.9 Å². The molecule has 0 amide bonds. The average Bonchev–Trinajstić information content (AvgIpc) is 2.35. The van der Waals surface area contributed by atoms with Gasteiger partial charge in [-0.3, -0.25) is 0 Å². The molecular formula is C15H31NO2. The van der Waals surface area contributed by atoms with E-state index in [0.29, 0.717) is 12.6 Å². The van der Waals surface area contributed by atoms with Gasteiger partial charge in [-0.1, -0.05) is 33.1 Å². The van der Waals surface area contributed by atoms with E-state index in [1.165, 1.54) is 25.7 Å². The van der Waals surface area contributed by atoms with E-state index < -0.39 is 0 Å². The highest BCUT2D eigenvalue weighted by molar-refractivity contribution is 4.80. The van der Waals surface area contributed by atoms with E-state index in [1.54, 1.807) is 0 Å². The zero-order valence-corrected chi connectivity index (χ0v) is 12.4. The van der Waals surface area contributed by atoms with Gasteiger partial charge in [-0.25, -0.2) is 0 Å². The van der Waals surface area contributed by atoms with Gasteiger partial charge in [0.2, 0.25) is 0 Å². The number of rotatable bonds is 8. The van der Waals surface area contributed by atoms with Gasteiger partial charge in [0, 0.05) is 19.2 Å². The second kappa shape index (κ2) is 8.89. The lowest BCUT2D eigenvalue weighted by molar-refractivity contribution is 0.00480. The van der Waals surface area contributed by atoms with Crippen molar-refractivity contribution in [3.8, 4) is 0 Å². The molecule has 1 aliphatic rings. The van der Waals surface area contributed by atoms with Crippen molar-refractivity contribution in [3.05, 3.63) is 0 Å². The summed E-state index contributed by atoms with van der Waals surface area (Å²) in [5.74, 6) is 0.761. The molecule has 1 fully saturated rings. The maximum atomic E-state index is 9.97. The molecule has 1 N–H and O–H groups in total. The van der Waals surface area contributed by atoms with Crippen LogP contribution in [0.3, 0.4) is 0 Å². The van der Waals surface area contributed by atoms with Crippen LogP contribution in [0.4, 0.5) is 0 Å². The smallest absolute Gasteiger partial charge is 0.0900 e. The molecule has 0 aromatic heterocycles. The molecule has 3 heteroatoms. The molecule has 0 aliphatic heterocycles. The van der Waals surface area contributed by atoms with Crippen LogP contribution in [-0.4, -0.2) is 49.0 Å². The fourth-order valence-electron chi connectivity index (χ4n) is 2.94. The van der Waals surface area contributed by atoms with Crippen LogP contribution in [0.1, 0.15) is 52.4 Å². The van der Waals surface area contributed by atoms with Crippen LogP contribution in [0.25, 0.3) is 0 Å². The largest absolute Gasteiger partial charge is 0.389 e. The first-order valence-corrected chi connectivity index (χ1v) is 7.61. The lowest BCUT2D eigenvalue weighted by atomic mass is 9.85. The van der Waals surface area contributed by atoms with Gasteiger partial charge < -0.3 is 14.7 Å². The van der Waals surface area contributed by atoms with Crippen LogP contribution in [0.5, 0.6) is 0 Å². The normalized spacial score (nSPS) is 26.5. The molecule has 0 aromatic carbocycles. The van der Waals surface area contributed by atoms with Crippen LogP contribution >= 0.6 is 0 Å². The SMILES string of the molecule is CCCCOCC(O)CN(C)C1CCCCC1C. The van der Waals surface area contributed by atoms with Crippen LogP contribution in [0, 0.1) is 5.92 Å². The highest BCUT2D eigenvalue weighted by Gasteiger charge is 2.25. The van der Waals surface area contributed by atoms with Crippen molar-refractivity contribution in [2.75, 3.05) is 26.8 Å². The van der Waals surface area contributed by atoms with E-state index in [4.69, 9.17) is 4.74 Å². The minimum absolute atomic E-state index is 0.346. The minimum Gasteiger partial charge on any atom is -0.389 e. The number of hydrogen-bond donors (Lipinski definition) is 1. The first-order chi connectivity index (χ1) is 8.65. The summed E-state index contributed by atoms with van der Waals surface area (Å²) in [6.07, 6.45) is 7.20. The van der Waals surface area contributed by atoms with Gasteiger partial charge in [0.05, 0.1) is 12.7 Å². The third-order valence-corrected chi connectivity index (χ3v) is 4.08. The predicted octanol–water partition coefficient (Wildman–Crippen LogP) is 2.67. The Labute approximate surface area is 113 Å². The summed E-state index contributed by atoms with van der Waals surface area (Å²) in [6.45, 7) is 6.48. The Morgan fingerprint density at radius 2 is 2.06 bits per heavy atom. The van der Waals surface area contributed by atoms with Crippen LogP contribution in [0.15, 0.2) is 0 Å². The Morgan fingerprint density at radius 1 is 1.33 bits per heavy atom. The molecule has 1 saturated carbocycles. The summed E-state index contributed by atoms with van der Waals surface area (Å²) in [7, 11) is 2.14. The van der Waals surface area contributed by atoms with E-state index in [9.17, 15) is 5.11 Å². The van der Waals surface area contributed by atoms with Crippen molar-refractivity contribution < 1.29 is 9.84 Å². The monoisotopic (exact) mass is 257 g/mol. The van der Waals surface area contributed by atoms with Gasteiger partial charge in [0.25, 0.3) is 0 Å². The van der Waals surface area contributed by atoms with Crippen LogP contribution in [0.2, 0.25) is 0 Å². The maximum Gasteiger partial charge on any atom is 0.0900 e. The predicted molar refractivity (Wildman–Crippen MR) is 75.8 cm³/mol. The lowest BCUT2D eigenvalue weighted by Crippen LogP contribution is -2.43. The second-order valence-corrected chi connectivity index (χ2v) is 5.85. The lowest BCUT2D eigenvalue weighted by Gasteiger charge is -2.37. The van der Waals surface area contributed by atoms with Crippen molar-refractivity contribution in [2.24, 2.45) is 5.92 Å². The van der Waals surface area contributed by atoms with Gasteiger partial charge in [0.1, 0.15) is 0 Å². The molecule has 0 heterocycles. The molecule has 3 nitrogen and oxygen atoms in total. The van der Waals surface area contributed by atoms with Crippen molar-refractivity contribution in [3.63, 3.8) is 0 Å². The third kappa shape index (κ3) is 5.68. The zero-order valence-electron chi connectivity index (χ0n) is 12.4. The molecule has 1 rings (SSSR count). The molecule has 3 unspecified atom stereocenters. The Balaban J connectivity index is 2.19. The first-order valence-electron chi connectivity index (χ1n) is 7.61. The Hall–Kier alpha value is -0.120. The molecule has 0 aromatic rings. The molecule has 108 valence electrons. The number of aliphatic hydroxyl groups is 1. The summed E-state index contributed by atoms with van der Waals surface area (Å²) >= 11 is 0. The molecule has 18 heavy (non-hydrogen) atoms. The van der Waals surface area contributed by atoms with Gasteiger partial charge in [-0.15, -0.1) is 0 Å². The van der Waals surface area contributed by atoms with Crippen molar-refractivity contribution in [2.45, 2.75) is 64.5 Å². The summed E-state index contributed by atoms with van der Waals surface area (Å²) < 4.78 is 5.47. The molecule has 1 aliphatic carbocycles. The Morgan fingerprint density at radius 3 is 2.72 bits per heavy atom. The summed E-state index contributed by atoms with van der Waals surface area (Å²) in [5.41, 5.74) is 0. The van der Waals surface area contributed by atoms with Gasteiger partial charge in [-0.05, 0) is 32.2 Å². The third-order valence-electron chi connectivity index (χ3n) is 4.08. The number of aliphatic hydroxyl groups excluding tert-OH is 1. The molecule has 0 spiro atoms. The van der Waals surface area contributed by atoms with Crippen molar-refractivity contribution in [1.29, 1.82) is 0 Å². The van der Waals surface area contributed by atoms with Crippen LogP contribution in [-0.2, 0) is 4.74 Å². The summed E-state index contributed by atoms with van der Waals surface area (Å²) in [4.78, 5) is 2.33. The van der Waals surface area contributed by atoms with Gasteiger partial charge >= 0.3 is 0 Å². The maximum absolute atomic E-state index is 9.97. The molecular weight excluding hydrogens is 226 g/mol. The van der Waals surface area contributed by atoms with E-state index in [2.05, 4.69) is 25.8 Å². The van der Waals surface area contributed by atoms with E-state index >= 15 is 0 Å². The van der Waals surface area contributed by atoms with Crippen molar-refractivity contribution >= 4 is 0 Å². The number of nitrogens with zero attached hydrogens (tertiary/aromatic N) is 1. The summed E-state index contributed by atoms with van der Waals surface area (Å²) in [5, 5.41) is 9.97. The number of likely N-dealkylation sites (N-methyl/N-ethyl adjacent to an activating group) is 1. The standard InChI is InChI=1S/C15H31NO2/c1-4-5-10-18-12-14(17)11-16(3)15-9-7-6-8-13(15)2/h13-15,17H,4-12H2,1-3H3. The second-order valence-electron chi connectivity index (χ2n) is 5.85. The average molecular weight is 257 g/mol. The fourth-order valence-corrected chi connectivity index (χ4v) is 2.94. The fraction of sp³-hybridized carbons (Fsp3) is 1.00. The zero-order chi connectivity index (χ0) is 13.4. The number of unbranched alkanes of at least 4 members (excludes halogenated alkanes) is 1.